The van der Waals surface area contributed by atoms with Crippen molar-refractivity contribution in [3.8, 4) is 0 Å². The Morgan fingerprint density at radius 1 is 0.250 bits per heavy atom. The maximum atomic E-state index is 3.81. The quantitative estimate of drug-likeness (QED) is 0.212. The molecule has 0 nitrogen and oxygen atoms in total. The van der Waals surface area contributed by atoms with Crippen LogP contribution in [0.15, 0.2) is 0 Å². The molecular weight excluding hydrogens is 1200 g/mol. The van der Waals surface area contributed by atoms with Gasteiger partial charge in [0.1, 0.15) is 19.4 Å². The standard InChI is InChI=1S/2C10H14Br6/c2*11-8(12)6-4-2-1-3-5-7-9(13,14)10(8,15)16/h2*1-7H2. The number of halogens is 12. The van der Waals surface area contributed by atoms with Gasteiger partial charge in [0.2, 0.25) is 0 Å². The average molecular weight is 1230 g/mol. The van der Waals surface area contributed by atoms with Gasteiger partial charge in [-0.2, -0.15) is 0 Å². The lowest BCUT2D eigenvalue weighted by molar-refractivity contribution is 0.501. The minimum atomic E-state index is -0.280. The Bertz CT molecular complexity index is 477. The van der Waals surface area contributed by atoms with Crippen LogP contribution in [0, 0.1) is 0 Å². The molecule has 0 saturated heterocycles. The molecule has 0 spiro atoms. The maximum Gasteiger partial charge on any atom is 0.130 e. The second kappa shape index (κ2) is 15.1. The van der Waals surface area contributed by atoms with Crippen molar-refractivity contribution in [2.24, 2.45) is 0 Å². The monoisotopic (exact) mass is 1220 g/mol. The van der Waals surface area contributed by atoms with Crippen molar-refractivity contribution >= 4 is 191 Å². The summed E-state index contributed by atoms with van der Waals surface area (Å²) in [5.41, 5.74) is 0. The normalized spacial score (nSPS) is 29.6. The summed E-state index contributed by atoms with van der Waals surface area (Å²) in [5, 5.41) is 0. The Labute approximate surface area is 295 Å². The van der Waals surface area contributed by atoms with Gasteiger partial charge < -0.3 is 0 Å². The van der Waals surface area contributed by atoms with E-state index < -0.39 is 0 Å². The van der Waals surface area contributed by atoms with Crippen molar-refractivity contribution in [1.29, 1.82) is 0 Å². The molecule has 12 heteroatoms. The van der Waals surface area contributed by atoms with E-state index in [1.165, 1.54) is 64.2 Å². The van der Waals surface area contributed by atoms with Crippen molar-refractivity contribution in [3.05, 3.63) is 0 Å². The molecule has 2 aliphatic carbocycles. The molecule has 2 fully saturated rings. The highest BCUT2D eigenvalue weighted by Gasteiger charge is 2.57. The van der Waals surface area contributed by atoms with Gasteiger partial charge in [0.05, 0.1) is 0 Å². The van der Waals surface area contributed by atoms with Crippen LogP contribution in [0.2, 0.25) is 0 Å². The first kappa shape index (κ1) is 35.8. The zero-order valence-electron chi connectivity index (χ0n) is 17.4. The Morgan fingerprint density at radius 2 is 0.406 bits per heavy atom. The van der Waals surface area contributed by atoms with Crippen LogP contribution in [0.4, 0.5) is 0 Å². The molecule has 0 unspecified atom stereocenters. The van der Waals surface area contributed by atoms with E-state index in [0.29, 0.717) is 0 Å². The van der Waals surface area contributed by atoms with Gasteiger partial charge >= 0.3 is 0 Å². The van der Waals surface area contributed by atoms with E-state index in [4.69, 9.17) is 0 Å². The van der Waals surface area contributed by atoms with E-state index in [-0.39, 0.29) is 19.4 Å². The molecular formula is C20H28Br12. The van der Waals surface area contributed by atoms with E-state index in [2.05, 4.69) is 191 Å². The second-order valence-electron chi connectivity index (χ2n) is 8.50. The lowest BCUT2D eigenvalue weighted by Crippen LogP contribution is -2.47. The number of hydrogen-bond donors (Lipinski definition) is 0. The van der Waals surface area contributed by atoms with Crippen molar-refractivity contribution in [2.75, 3.05) is 0 Å². The van der Waals surface area contributed by atoms with Gasteiger partial charge in [-0.05, 0) is 25.7 Å². The van der Waals surface area contributed by atoms with E-state index in [1.54, 1.807) is 0 Å². The van der Waals surface area contributed by atoms with Gasteiger partial charge in [0, 0.05) is 0 Å². The summed E-state index contributed by atoms with van der Waals surface area (Å²) in [6.45, 7) is 0. The summed E-state index contributed by atoms with van der Waals surface area (Å²) in [7, 11) is 0. The summed E-state index contributed by atoms with van der Waals surface area (Å²) in [6, 6.07) is 0. The first-order chi connectivity index (χ1) is 14.4. The van der Waals surface area contributed by atoms with Crippen LogP contribution in [-0.4, -0.2) is 19.4 Å². The Morgan fingerprint density at radius 3 is 0.594 bits per heavy atom. The van der Waals surface area contributed by atoms with Gasteiger partial charge in [-0.25, -0.2) is 0 Å². The fraction of sp³-hybridized carbons (Fsp3) is 1.00. The predicted octanol–water partition coefficient (Wildman–Crippen LogP) is 14.4. The lowest BCUT2D eigenvalue weighted by atomic mass is 10.0. The summed E-state index contributed by atoms with van der Waals surface area (Å²) in [6.07, 6.45) is 17.1. The largest absolute Gasteiger partial charge is 0.130 e. The van der Waals surface area contributed by atoms with Gasteiger partial charge in [0.25, 0.3) is 0 Å². The predicted molar refractivity (Wildman–Crippen MR) is 188 cm³/mol. The summed E-state index contributed by atoms with van der Waals surface area (Å²) in [5.74, 6) is 0. The lowest BCUT2D eigenvalue weighted by Gasteiger charge is -2.44. The molecule has 0 atom stereocenters. The van der Waals surface area contributed by atoms with Crippen molar-refractivity contribution in [1.82, 2.24) is 0 Å². The van der Waals surface area contributed by atoms with Crippen LogP contribution in [0.3, 0.4) is 0 Å². The molecule has 0 aliphatic heterocycles. The first-order valence-corrected chi connectivity index (χ1v) is 20.2. The van der Waals surface area contributed by atoms with E-state index in [0.717, 1.165) is 25.7 Å². The van der Waals surface area contributed by atoms with E-state index >= 15 is 0 Å². The molecule has 2 rings (SSSR count). The molecule has 0 heterocycles. The Balaban J connectivity index is 0.000000320. The second-order valence-corrected chi connectivity index (χ2v) is 30.5. The summed E-state index contributed by atoms with van der Waals surface area (Å²) >= 11 is 45.6. The molecule has 0 aromatic heterocycles. The van der Waals surface area contributed by atoms with Gasteiger partial charge in [0.15, 0.2) is 0 Å². The van der Waals surface area contributed by atoms with Crippen molar-refractivity contribution in [2.45, 2.75) is 109 Å². The molecule has 0 aromatic rings. The molecule has 0 bridgehead atoms. The van der Waals surface area contributed by atoms with Crippen LogP contribution in [-0.2, 0) is 0 Å². The third-order valence-corrected chi connectivity index (χ3v) is 27.7. The van der Waals surface area contributed by atoms with Gasteiger partial charge in [-0.15, -0.1) is 0 Å². The highest BCUT2D eigenvalue weighted by Crippen LogP contribution is 2.64. The summed E-state index contributed by atoms with van der Waals surface area (Å²) < 4.78 is -1.24. The third-order valence-electron chi connectivity index (χ3n) is 5.80. The molecule has 192 valence electrons. The third kappa shape index (κ3) is 9.99. The van der Waals surface area contributed by atoms with Crippen molar-refractivity contribution < 1.29 is 0 Å². The zero-order chi connectivity index (χ0) is 24.9. The fourth-order valence-corrected chi connectivity index (χ4v) is 12.3. The molecule has 0 amide bonds. The SMILES string of the molecule is BrC1(Br)CCCCCCCC(Br)(Br)C1(Br)Br.BrC1(Br)CCCCCCCC(Br)(Br)C1(Br)Br. The van der Waals surface area contributed by atoms with E-state index in [1.807, 2.05) is 0 Å². The van der Waals surface area contributed by atoms with Crippen LogP contribution in [0.5, 0.6) is 0 Å². The molecule has 0 radical (unpaired) electrons. The van der Waals surface area contributed by atoms with Gasteiger partial charge in [-0.1, -0.05) is 255 Å². The number of hydrogen-bond acceptors (Lipinski definition) is 0. The van der Waals surface area contributed by atoms with Crippen LogP contribution in [0.1, 0.15) is 89.9 Å². The maximum absolute atomic E-state index is 3.81. The summed E-state index contributed by atoms with van der Waals surface area (Å²) in [4.78, 5) is 0. The highest BCUT2D eigenvalue weighted by atomic mass is 79.9. The molecule has 0 aromatic carbocycles. The highest BCUT2D eigenvalue weighted by molar-refractivity contribution is 9.33. The van der Waals surface area contributed by atoms with Crippen LogP contribution in [0.25, 0.3) is 0 Å². The number of alkyl halides is 12. The smallest absolute Gasteiger partial charge is 0.0701 e. The zero-order valence-corrected chi connectivity index (χ0v) is 36.5. The molecule has 0 N–H and O–H groups in total. The average Bonchev–Trinajstić information content (AvgIpc) is 2.65. The Kier molecular flexibility index (Phi) is 16.9. The first-order valence-electron chi connectivity index (χ1n) is 10.7. The fourth-order valence-electron chi connectivity index (χ4n) is 3.61. The van der Waals surface area contributed by atoms with Crippen LogP contribution < -0.4 is 0 Å². The Hall–Kier alpha value is 5.76. The van der Waals surface area contributed by atoms with Crippen molar-refractivity contribution in [3.63, 3.8) is 0 Å². The van der Waals surface area contributed by atoms with Crippen LogP contribution >= 0.6 is 191 Å². The van der Waals surface area contributed by atoms with Gasteiger partial charge in [-0.3, -0.25) is 0 Å². The molecule has 2 saturated carbocycles. The topological polar surface area (TPSA) is 0 Å². The number of rotatable bonds is 0. The minimum Gasteiger partial charge on any atom is -0.0701 e. The van der Waals surface area contributed by atoms with E-state index in [9.17, 15) is 0 Å². The molecule has 32 heavy (non-hydrogen) atoms. The minimum absolute atomic E-state index is 0.169. The molecule has 2 aliphatic rings.